The van der Waals surface area contributed by atoms with Crippen LogP contribution in [0.4, 0.5) is 5.82 Å². The maximum atomic E-state index is 5.44. The SMILES string of the molecule is CSc1nc(NCC[NH+]2CCOCC2)c2sc3c(c2n1)CCCC3. The normalized spacial score (nSPS) is 18.7. The minimum absolute atomic E-state index is 0.884. The second kappa shape index (κ2) is 7.56. The van der Waals surface area contributed by atoms with Gasteiger partial charge >= 0.3 is 0 Å². The van der Waals surface area contributed by atoms with Crippen molar-refractivity contribution in [3.63, 3.8) is 0 Å². The average Bonchev–Trinajstić information content (AvgIpc) is 3.01. The lowest BCUT2D eigenvalue weighted by Gasteiger charge is -2.23. The van der Waals surface area contributed by atoms with Gasteiger partial charge in [0, 0.05) is 4.88 Å². The third-order valence-corrected chi connectivity index (χ3v) is 6.76. The number of aryl methyl sites for hydroxylation is 2. The molecule has 0 aromatic carbocycles. The first-order valence-electron chi connectivity index (χ1n) is 8.86. The fourth-order valence-electron chi connectivity index (χ4n) is 3.57. The van der Waals surface area contributed by atoms with E-state index in [0.29, 0.717) is 0 Å². The molecule has 5 nitrogen and oxygen atoms in total. The predicted octanol–water partition coefficient (Wildman–Crippen LogP) is 1.62. The third kappa shape index (κ3) is 3.40. The van der Waals surface area contributed by atoms with Crippen molar-refractivity contribution < 1.29 is 9.64 Å². The Balaban J connectivity index is 1.55. The molecule has 1 aliphatic heterocycles. The van der Waals surface area contributed by atoms with Crippen LogP contribution in [0.5, 0.6) is 0 Å². The molecule has 0 saturated carbocycles. The molecule has 1 saturated heterocycles. The molecule has 1 fully saturated rings. The molecular weight excluding hydrogens is 340 g/mol. The molecule has 1 aliphatic carbocycles. The Kier molecular flexibility index (Phi) is 5.22. The Morgan fingerprint density at radius 3 is 2.88 bits per heavy atom. The molecule has 2 aromatic rings. The van der Waals surface area contributed by atoms with Crippen LogP contribution in [0, 0.1) is 0 Å². The summed E-state index contributed by atoms with van der Waals surface area (Å²) in [4.78, 5) is 12.7. The standard InChI is InChI=1S/C17H24N4OS2/c1-23-17-19-14-12-4-2-3-5-13(12)24-15(14)16(20-17)18-6-7-21-8-10-22-11-9-21/h2-11H2,1H3,(H,18,19,20)/p+1. The first kappa shape index (κ1) is 16.6. The van der Waals surface area contributed by atoms with E-state index in [-0.39, 0.29) is 0 Å². The highest BCUT2D eigenvalue weighted by molar-refractivity contribution is 7.98. The van der Waals surface area contributed by atoms with E-state index in [1.54, 1.807) is 16.7 Å². The molecule has 2 aromatic heterocycles. The van der Waals surface area contributed by atoms with Crippen molar-refractivity contribution >= 4 is 39.1 Å². The molecule has 0 atom stereocenters. The predicted molar refractivity (Wildman–Crippen MR) is 101 cm³/mol. The highest BCUT2D eigenvalue weighted by Gasteiger charge is 2.21. The van der Waals surface area contributed by atoms with E-state index in [9.17, 15) is 0 Å². The highest BCUT2D eigenvalue weighted by atomic mass is 32.2. The van der Waals surface area contributed by atoms with E-state index in [4.69, 9.17) is 14.7 Å². The number of thiophene rings is 1. The van der Waals surface area contributed by atoms with E-state index in [0.717, 1.165) is 50.4 Å². The summed E-state index contributed by atoms with van der Waals surface area (Å²) in [6.07, 6.45) is 7.05. The van der Waals surface area contributed by atoms with Crippen molar-refractivity contribution in [2.24, 2.45) is 0 Å². The maximum absolute atomic E-state index is 5.44. The Bertz CT molecular complexity index is 712. The van der Waals surface area contributed by atoms with Crippen LogP contribution in [0.1, 0.15) is 23.3 Å². The van der Waals surface area contributed by atoms with Crippen LogP contribution < -0.4 is 10.2 Å². The van der Waals surface area contributed by atoms with Gasteiger partial charge in [-0.1, -0.05) is 11.8 Å². The van der Waals surface area contributed by atoms with E-state index >= 15 is 0 Å². The monoisotopic (exact) mass is 365 g/mol. The zero-order valence-corrected chi connectivity index (χ0v) is 15.8. The Hall–Kier alpha value is -0.890. The smallest absolute Gasteiger partial charge is 0.189 e. The van der Waals surface area contributed by atoms with E-state index in [1.165, 1.54) is 46.3 Å². The summed E-state index contributed by atoms with van der Waals surface area (Å²) in [6.45, 7) is 6.09. The second-order valence-electron chi connectivity index (χ2n) is 6.49. The van der Waals surface area contributed by atoms with Gasteiger partial charge in [0.2, 0.25) is 0 Å². The van der Waals surface area contributed by atoms with Gasteiger partial charge in [-0.25, -0.2) is 9.97 Å². The number of morpholine rings is 1. The van der Waals surface area contributed by atoms with E-state index in [1.807, 2.05) is 11.3 Å². The van der Waals surface area contributed by atoms with E-state index in [2.05, 4.69) is 11.6 Å². The van der Waals surface area contributed by atoms with Gasteiger partial charge in [0.15, 0.2) is 5.16 Å². The quantitative estimate of drug-likeness (QED) is 0.623. The van der Waals surface area contributed by atoms with Crippen LogP contribution in [0.25, 0.3) is 10.2 Å². The number of hydrogen-bond donors (Lipinski definition) is 2. The molecule has 130 valence electrons. The minimum Gasteiger partial charge on any atom is -0.370 e. The van der Waals surface area contributed by atoms with Gasteiger partial charge < -0.3 is 15.0 Å². The average molecular weight is 366 g/mol. The molecule has 2 aliphatic rings. The summed E-state index contributed by atoms with van der Waals surface area (Å²) < 4.78 is 6.70. The molecule has 0 amide bonds. The van der Waals surface area contributed by atoms with Crippen molar-refractivity contribution in [1.82, 2.24) is 9.97 Å². The van der Waals surface area contributed by atoms with Crippen molar-refractivity contribution in [2.75, 3.05) is 51.0 Å². The fraction of sp³-hybridized carbons (Fsp3) is 0.647. The number of aromatic nitrogens is 2. The number of rotatable bonds is 5. The lowest BCUT2D eigenvalue weighted by atomic mass is 9.98. The summed E-state index contributed by atoms with van der Waals surface area (Å²) in [5.41, 5.74) is 2.69. The third-order valence-electron chi connectivity index (χ3n) is 4.93. The molecule has 4 rings (SSSR count). The van der Waals surface area contributed by atoms with Crippen molar-refractivity contribution in [3.8, 4) is 0 Å². The topological polar surface area (TPSA) is 51.5 Å². The van der Waals surface area contributed by atoms with Crippen LogP contribution in [-0.4, -0.2) is 55.6 Å². The molecule has 24 heavy (non-hydrogen) atoms. The minimum atomic E-state index is 0.884. The molecule has 7 heteroatoms. The van der Waals surface area contributed by atoms with Crippen LogP contribution in [0.2, 0.25) is 0 Å². The van der Waals surface area contributed by atoms with E-state index < -0.39 is 0 Å². The molecular formula is C17H25N4OS2+. The Morgan fingerprint density at radius 2 is 2.04 bits per heavy atom. The first-order chi connectivity index (χ1) is 11.8. The van der Waals surface area contributed by atoms with Gasteiger partial charge in [-0.2, -0.15) is 0 Å². The number of anilines is 1. The highest BCUT2D eigenvalue weighted by Crippen LogP contribution is 2.39. The van der Waals surface area contributed by atoms with Gasteiger partial charge in [-0.15, -0.1) is 11.3 Å². The molecule has 0 unspecified atom stereocenters. The summed E-state index contributed by atoms with van der Waals surface area (Å²) >= 11 is 3.54. The Morgan fingerprint density at radius 1 is 1.21 bits per heavy atom. The van der Waals surface area contributed by atoms with Gasteiger partial charge in [0.05, 0.1) is 36.5 Å². The van der Waals surface area contributed by atoms with Crippen molar-refractivity contribution in [2.45, 2.75) is 30.8 Å². The largest absolute Gasteiger partial charge is 0.370 e. The lowest BCUT2D eigenvalue weighted by molar-refractivity contribution is -0.906. The summed E-state index contributed by atoms with van der Waals surface area (Å²) in [6, 6.07) is 0. The number of nitrogens with one attached hydrogen (secondary N) is 2. The van der Waals surface area contributed by atoms with Crippen LogP contribution in [0.3, 0.4) is 0 Å². The molecule has 0 bridgehead atoms. The zero-order valence-electron chi connectivity index (χ0n) is 14.2. The second-order valence-corrected chi connectivity index (χ2v) is 8.37. The number of thioether (sulfide) groups is 1. The van der Waals surface area contributed by atoms with Gasteiger partial charge in [-0.3, -0.25) is 0 Å². The summed E-state index contributed by atoms with van der Waals surface area (Å²) in [5.74, 6) is 1.04. The molecule has 3 heterocycles. The van der Waals surface area contributed by atoms with Gasteiger partial charge in [0.25, 0.3) is 0 Å². The zero-order chi connectivity index (χ0) is 16.4. The maximum Gasteiger partial charge on any atom is 0.189 e. The summed E-state index contributed by atoms with van der Waals surface area (Å²) in [7, 11) is 0. The van der Waals surface area contributed by atoms with Crippen molar-refractivity contribution in [1.29, 1.82) is 0 Å². The van der Waals surface area contributed by atoms with Gasteiger partial charge in [0.1, 0.15) is 18.9 Å². The van der Waals surface area contributed by atoms with Gasteiger partial charge in [-0.05, 0) is 37.5 Å². The molecule has 0 spiro atoms. The fourth-order valence-corrected chi connectivity index (χ4v) is 5.23. The number of fused-ring (bicyclic) bond motifs is 3. The number of nitrogens with zero attached hydrogens (tertiary/aromatic N) is 2. The van der Waals surface area contributed by atoms with Crippen LogP contribution in [0.15, 0.2) is 5.16 Å². The number of ether oxygens (including phenoxy) is 1. The first-order valence-corrected chi connectivity index (χ1v) is 10.9. The van der Waals surface area contributed by atoms with Crippen LogP contribution in [-0.2, 0) is 17.6 Å². The lowest BCUT2D eigenvalue weighted by Crippen LogP contribution is -3.14. The van der Waals surface area contributed by atoms with Crippen LogP contribution >= 0.6 is 23.1 Å². The number of hydrogen-bond acceptors (Lipinski definition) is 6. The number of quaternary nitrogens is 1. The molecule has 2 N–H and O–H groups in total. The van der Waals surface area contributed by atoms with Crippen molar-refractivity contribution in [3.05, 3.63) is 10.4 Å². The molecule has 0 radical (unpaired) electrons. The Labute approximate surface area is 151 Å². The summed E-state index contributed by atoms with van der Waals surface area (Å²) in [5, 5.41) is 4.49.